The standard InChI is InChI=1S/C10H9IO/c1-8(10(11)12)7-9-5-3-2-4-6-9/h2-6H,1,7H2. The van der Waals surface area contributed by atoms with E-state index in [1.807, 2.05) is 30.3 Å². The molecule has 0 saturated carbocycles. The highest BCUT2D eigenvalue weighted by atomic mass is 127. The number of allylic oxidation sites excluding steroid dienone is 1. The third-order valence-electron chi connectivity index (χ3n) is 1.54. The van der Waals surface area contributed by atoms with E-state index in [9.17, 15) is 4.79 Å². The Morgan fingerprint density at radius 3 is 2.42 bits per heavy atom. The third kappa shape index (κ3) is 2.77. The van der Waals surface area contributed by atoms with Crippen molar-refractivity contribution in [3.8, 4) is 0 Å². The van der Waals surface area contributed by atoms with Crippen LogP contribution in [0.15, 0.2) is 42.5 Å². The summed E-state index contributed by atoms with van der Waals surface area (Å²) in [6.07, 6.45) is 0.655. The summed E-state index contributed by atoms with van der Waals surface area (Å²) in [5.41, 5.74) is 1.79. The van der Waals surface area contributed by atoms with E-state index < -0.39 is 0 Å². The van der Waals surface area contributed by atoms with Gasteiger partial charge in [0.25, 0.3) is 0 Å². The van der Waals surface area contributed by atoms with Gasteiger partial charge in [-0.25, -0.2) is 0 Å². The molecule has 0 N–H and O–H groups in total. The number of halogens is 1. The van der Waals surface area contributed by atoms with Crippen molar-refractivity contribution in [2.75, 3.05) is 0 Å². The number of rotatable bonds is 3. The molecule has 0 atom stereocenters. The van der Waals surface area contributed by atoms with Crippen molar-refractivity contribution < 1.29 is 4.79 Å². The Balaban J connectivity index is 2.65. The fraction of sp³-hybridized carbons (Fsp3) is 0.100. The van der Waals surface area contributed by atoms with Gasteiger partial charge in [0.1, 0.15) is 0 Å². The first-order valence-electron chi connectivity index (χ1n) is 3.61. The lowest BCUT2D eigenvalue weighted by atomic mass is 10.1. The highest BCUT2D eigenvalue weighted by Gasteiger charge is 2.02. The molecule has 0 aliphatic rings. The van der Waals surface area contributed by atoms with Gasteiger partial charge in [0.2, 0.25) is 3.79 Å². The summed E-state index contributed by atoms with van der Waals surface area (Å²) in [7, 11) is 0. The predicted molar refractivity (Wildman–Crippen MR) is 58.3 cm³/mol. The molecule has 2 heteroatoms. The second-order valence-electron chi connectivity index (χ2n) is 2.54. The van der Waals surface area contributed by atoms with Crippen LogP contribution in [0.2, 0.25) is 0 Å². The van der Waals surface area contributed by atoms with Crippen molar-refractivity contribution in [1.29, 1.82) is 0 Å². The number of benzene rings is 1. The van der Waals surface area contributed by atoms with Crippen LogP contribution in [-0.4, -0.2) is 3.79 Å². The first kappa shape index (κ1) is 9.45. The average Bonchev–Trinajstić information content (AvgIpc) is 2.06. The molecule has 0 fully saturated rings. The molecule has 0 heterocycles. The summed E-state index contributed by atoms with van der Waals surface area (Å²) in [5.74, 6) is 0. The predicted octanol–water partition coefficient (Wildman–Crippen LogP) is 2.75. The number of carbonyl (C=O) groups excluding carboxylic acids is 1. The van der Waals surface area contributed by atoms with E-state index >= 15 is 0 Å². The van der Waals surface area contributed by atoms with Gasteiger partial charge in [0.05, 0.1) is 0 Å². The van der Waals surface area contributed by atoms with Crippen LogP contribution in [0, 0.1) is 0 Å². The first-order valence-corrected chi connectivity index (χ1v) is 4.69. The first-order chi connectivity index (χ1) is 5.70. The Kier molecular flexibility index (Phi) is 3.47. The number of hydrogen-bond acceptors (Lipinski definition) is 1. The van der Waals surface area contributed by atoms with Crippen LogP contribution in [0.4, 0.5) is 0 Å². The van der Waals surface area contributed by atoms with Gasteiger partial charge in [-0.05, 0) is 5.56 Å². The molecule has 1 rings (SSSR count). The lowest BCUT2D eigenvalue weighted by molar-refractivity contribution is -0.106. The summed E-state index contributed by atoms with van der Waals surface area (Å²) in [6, 6.07) is 9.86. The van der Waals surface area contributed by atoms with Gasteiger partial charge < -0.3 is 0 Å². The Labute approximate surface area is 85.6 Å². The summed E-state index contributed by atoms with van der Waals surface area (Å²) < 4.78 is 0.0384. The molecule has 1 aromatic rings. The van der Waals surface area contributed by atoms with E-state index in [1.165, 1.54) is 0 Å². The van der Waals surface area contributed by atoms with E-state index in [0.29, 0.717) is 12.0 Å². The SMILES string of the molecule is C=C(Cc1ccccc1)C(=O)I. The van der Waals surface area contributed by atoms with Crippen LogP contribution in [0.1, 0.15) is 5.56 Å². The molecule has 0 aromatic heterocycles. The Hall–Kier alpha value is -0.640. The van der Waals surface area contributed by atoms with Gasteiger partial charge >= 0.3 is 0 Å². The second-order valence-corrected chi connectivity index (χ2v) is 3.52. The average molecular weight is 272 g/mol. The molecule has 1 nitrogen and oxygen atoms in total. The van der Waals surface area contributed by atoms with E-state index in [2.05, 4.69) is 6.58 Å². The molecule has 0 radical (unpaired) electrons. The molecule has 0 bridgehead atoms. The van der Waals surface area contributed by atoms with E-state index in [0.717, 1.165) is 5.56 Å². The zero-order valence-electron chi connectivity index (χ0n) is 6.59. The highest BCUT2D eigenvalue weighted by molar-refractivity contribution is 14.1. The van der Waals surface area contributed by atoms with Gasteiger partial charge in [-0.1, -0.05) is 36.9 Å². The normalized spacial score (nSPS) is 9.42. The maximum absolute atomic E-state index is 10.8. The van der Waals surface area contributed by atoms with Crippen LogP contribution in [-0.2, 0) is 11.2 Å². The zero-order valence-corrected chi connectivity index (χ0v) is 8.74. The van der Waals surface area contributed by atoms with E-state index in [1.54, 1.807) is 22.6 Å². The highest BCUT2D eigenvalue weighted by Crippen LogP contribution is 2.09. The largest absolute Gasteiger partial charge is 0.283 e. The van der Waals surface area contributed by atoms with Crippen LogP contribution in [0.3, 0.4) is 0 Å². The number of hydrogen-bond donors (Lipinski definition) is 0. The van der Waals surface area contributed by atoms with Crippen molar-refractivity contribution in [3.63, 3.8) is 0 Å². The van der Waals surface area contributed by atoms with Gasteiger partial charge in [-0.3, -0.25) is 4.79 Å². The van der Waals surface area contributed by atoms with Crippen molar-refractivity contribution in [3.05, 3.63) is 48.0 Å². The summed E-state index contributed by atoms with van der Waals surface area (Å²) in [4.78, 5) is 10.8. The summed E-state index contributed by atoms with van der Waals surface area (Å²) >= 11 is 1.76. The lowest BCUT2D eigenvalue weighted by Gasteiger charge is -1.99. The molecule has 0 aliphatic carbocycles. The molecular weight excluding hydrogens is 263 g/mol. The molecule has 0 unspecified atom stereocenters. The molecule has 0 saturated heterocycles. The molecule has 62 valence electrons. The van der Waals surface area contributed by atoms with Crippen LogP contribution in [0.5, 0.6) is 0 Å². The van der Waals surface area contributed by atoms with Crippen LogP contribution in [0.25, 0.3) is 0 Å². The number of carbonyl (C=O) groups is 1. The van der Waals surface area contributed by atoms with Crippen molar-refractivity contribution >= 4 is 26.4 Å². The smallest absolute Gasteiger partial charge is 0.218 e. The quantitative estimate of drug-likeness (QED) is 0.470. The molecule has 12 heavy (non-hydrogen) atoms. The maximum atomic E-state index is 10.8. The van der Waals surface area contributed by atoms with Crippen molar-refractivity contribution in [2.24, 2.45) is 0 Å². The second kappa shape index (κ2) is 4.40. The summed E-state index contributed by atoms with van der Waals surface area (Å²) in [6.45, 7) is 3.69. The van der Waals surface area contributed by atoms with Crippen LogP contribution >= 0.6 is 22.6 Å². The fourth-order valence-electron chi connectivity index (χ4n) is 0.912. The topological polar surface area (TPSA) is 17.1 Å². The van der Waals surface area contributed by atoms with Crippen LogP contribution < -0.4 is 0 Å². The van der Waals surface area contributed by atoms with Crippen molar-refractivity contribution in [1.82, 2.24) is 0 Å². The van der Waals surface area contributed by atoms with Gasteiger partial charge in [0, 0.05) is 34.6 Å². The Bertz CT molecular complexity index is 290. The maximum Gasteiger partial charge on any atom is 0.218 e. The molecule has 1 aromatic carbocycles. The van der Waals surface area contributed by atoms with Crippen molar-refractivity contribution in [2.45, 2.75) is 6.42 Å². The van der Waals surface area contributed by atoms with E-state index in [-0.39, 0.29) is 3.79 Å². The lowest BCUT2D eigenvalue weighted by Crippen LogP contribution is -1.95. The van der Waals surface area contributed by atoms with Gasteiger partial charge in [-0.2, -0.15) is 0 Å². The minimum Gasteiger partial charge on any atom is -0.283 e. The Morgan fingerprint density at radius 2 is 1.92 bits per heavy atom. The minimum absolute atomic E-state index is 0.0384. The molecule has 0 amide bonds. The van der Waals surface area contributed by atoms with Gasteiger partial charge in [-0.15, -0.1) is 0 Å². The zero-order chi connectivity index (χ0) is 8.97. The summed E-state index contributed by atoms with van der Waals surface area (Å²) in [5, 5.41) is 0. The molecular formula is C10H9IO. The van der Waals surface area contributed by atoms with Gasteiger partial charge in [0.15, 0.2) is 0 Å². The minimum atomic E-state index is 0.0384. The molecule has 0 aliphatic heterocycles. The molecule has 0 spiro atoms. The third-order valence-corrected chi connectivity index (χ3v) is 2.30. The Morgan fingerprint density at radius 1 is 1.33 bits per heavy atom. The monoisotopic (exact) mass is 272 g/mol. The fourth-order valence-corrected chi connectivity index (χ4v) is 1.10. The van der Waals surface area contributed by atoms with E-state index in [4.69, 9.17) is 0 Å².